The molecule has 0 aliphatic carbocycles. The predicted octanol–water partition coefficient (Wildman–Crippen LogP) is 2.19. The molecule has 1 aromatic heterocycles. The smallest absolute Gasteiger partial charge is 0.407 e. The molecular formula is C22H23ClN4O6. The van der Waals surface area contributed by atoms with Gasteiger partial charge in [0, 0.05) is 43.2 Å². The number of hydrogen-bond donors (Lipinski definition) is 3. The van der Waals surface area contributed by atoms with Crippen LogP contribution in [0.3, 0.4) is 0 Å². The molecule has 3 N–H and O–H groups in total. The Balaban J connectivity index is 1.76. The van der Waals surface area contributed by atoms with Gasteiger partial charge >= 0.3 is 12.1 Å². The van der Waals surface area contributed by atoms with Gasteiger partial charge in [-0.15, -0.1) is 0 Å². The Morgan fingerprint density at radius 1 is 1.00 bits per heavy atom. The van der Waals surface area contributed by atoms with Gasteiger partial charge in [-0.2, -0.15) is 0 Å². The fraction of sp³-hybridized carbons (Fsp3) is 0.318. The van der Waals surface area contributed by atoms with Crippen LogP contribution in [0.25, 0.3) is 11.3 Å². The Kier molecular flexibility index (Phi) is 7.83. The molecule has 0 bridgehead atoms. The van der Waals surface area contributed by atoms with Crippen molar-refractivity contribution < 1.29 is 29.4 Å². The highest BCUT2D eigenvalue weighted by atomic mass is 35.5. The maximum absolute atomic E-state index is 13.0. The Bertz CT molecular complexity index is 1040. The number of halogens is 1. The van der Waals surface area contributed by atoms with Gasteiger partial charge in [0.1, 0.15) is 11.7 Å². The number of piperazine rings is 1. The second-order valence-electron chi connectivity index (χ2n) is 7.48. The second kappa shape index (κ2) is 10.8. The number of aliphatic carboxylic acids is 1. The van der Waals surface area contributed by atoms with Crippen LogP contribution in [-0.2, 0) is 9.59 Å². The van der Waals surface area contributed by atoms with Crippen LogP contribution in [0.5, 0.6) is 0 Å². The molecule has 174 valence electrons. The minimum Gasteiger partial charge on any atom is -0.481 e. The van der Waals surface area contributed by atoms with Gasteiger partial charge in [-0.3, -0.25) is 14.4 Å². The summed E-state index contributed by atoms with van der Waals surface area (Å²) in [5, 5.41) is 21.0. The summed E-state index contributed by atoms with van der Waals surface area (Å²) < 4.78 is 0. The molecule has 11 heteroatoms. The van der Waals surface area contributed by atoms with Crippen LogP contribution in [0.2, 0.25) is 5.02 Å². The summed E-state index contributed by atoms with van der Waals surface area (Å²) in [7, 11) is 0. The van der Waals surface area contributed by atoms with Gasteiger partial charge in [0.25, 0.3) is 5.91 Å². The number of amides is 3. The number of hydrogen-bond acceptors (Lipinski definition) is 5. The number of benzene rings is 1. The van der Waals surface area contributed by atoms with Crippen molar-refractivity contribution in [3.8, 4) is 11.3 Å². The largest absolute Gasteiger partial charge is 0.481 e. The molecule has 0 spiro atoms. The molecule has 1 aromatic carbocycles. The van der Waals surface area contributed by atoms with Crippen molar-refractivity contribution >= 4 is 35.5 Å². The monoisotopic (exact) mass is 474 g/mol. The second-order valence-corrected chi connectivity index (χ2v) is 7.91. The van der Waals surface area contributed by atoms with Gasteiger partial charge < -0.3 is 25.3 Å². The summed E-state index contributed by atoms with van der Waals surface area (Å²) in [5.41, 5.74) is 1.22. The van der Waals surface area contributed by atoms with E-state index in [1.54, 1.807) is 6.07 Å². The lowest BCUT2D eigenvalue weighted by Gasteiger charge is -2.35. The quantitative estimate of drug-likeness (QED) is 0.558. The van der Waals surface area contributed by atoms with Crippen molar-refractivity contribution in [1.82, 2.24) is 20.1 Å². The number of aromatic nitrogens is 1. The highest BCUT2D eigenvalue weighted by Gasteiger charge is 2.30. The maximum atomic E-state index is 13.0. The lowest BCUT2D eigenvalue weighted by molar-refractivity contribution is -0.138. The van der Waals surface area contributed by atoms with E-state index < -0.39 is 29.9 Å². The fourth-order valence-electron chi connectivity index (χ4n) is 3.47. The van der Waals surface area contributed by atoms with Crippen LogP contribution in [0, 0.1) is 0 Å². The SMILES string of the molecule is O=C(O)CC[C@H](NC(=O)c1cc(Cl)cc(-c2ccccc2)n1)C(=O)N1CCN(C(=O)O)CC1. The lowest BCUT2D eigenvalue weighted by atomic mass is 10.1. The average Bonchev–Trinajstić information content (AvgIpc) is 2.81. The third-order valence-corrected chi connectivity index (χ3v) is 5.42. The molecule has 1 fully saturated rings. The molecule has 1 aliphatic rings. The van der Waals surface area contributed by atoms with Gasteiger partial charge in [-0.1, -0.05) is 41.9 Å². The lowest BCUT2D eigenvalue weighted by Crippen LogP contribution is -2.55. The number of nitrogens with zero attached hydrogens (tertiary/aromatic N) is 3. The molecule has 3 amide bonds. The summed E-state index contributed by atoms with van der Waals surface area (Å²) in [4.78, 5) is 55.1. The van der Waals surface area contributed by atoms with Gasteiger partial charge in [0.15, 0.2) is 0 Å². The number of rotatable bonds is 7. The zero-order chi connectivity index (χ0) is 24.0. The summed E-state index contributed by atoms with van der Waals surface area (Å²) >= 11 is 6.18. The topological polar surface area (TPSA) is 140 Å². The third-order valence-electron chi connectivity index (χ3n) is 5.20. The fourth-order valence-corrected chi connectivity index (χ4v) is 3.67. The molecule has 1 atom stereocenters. The Morgan fingerprint density at radius 3 is 2.24 bits per heavy atom. The summed E-state index contributed by atoms with van der Waals surface area (Å²) in [6.45, 7) is 0.574. The van der Waals surface area contributed by atoms with Crippen LogP contribution < -0.4 is 5.32 Å². The number of carbonyl (C=O) groups is 4. The Labute approximate surface area is 194 Å². The first-order chi connectivity index (χ1) is 15.7. The highest BCUT2D eigenvalue weighted by Crippen LogP contribution is 2.22. The maximum Gasteiger partial charge on any atom is 0.407 e. The zero-order valence-electron chi connectivity index (χ0n) is 17.6. The van der Waals surface area contributed by atoms with Crippen molar-refractivity contribution in [2.75, 3.05) is 26.2 Å². The van der Waals surface area contributed by atoms with Crippen LogP contribution >= 0.6 is 11.6 Å². The standard InChI is InChI=1S/C22H23ClN4O6/c23-15-12-17(14-4-2-1-3-5-14)24-18(13-15)20(30)25-16(6-7-19(28)29)21(31)26-8-10-27(11-9-26)22(32)33/h1-5,12-13,16H,6-11H2,(H,25,30)(H,28,29)(H,32,33)/t16-/m0/s1. The van der Waals surface area contributed by atoms with E-state index in [9.17, 15) is 19.2 Å². The Morgan fingerprint density at radius 2 is 1.64 bits per heavy atom. The van der Waals surface area contributed by atoms with Crippen molar-refractivity contribution in [3.05, 3.63) is 53.2 Å². The average molecular weight is 475 g/mol. The number of carbonyl (C=O) groups excluding carboxylic acids is 2. The number of nitrogens with one attached hydrogen (secondary N) is 1. The molecule has 0 unspecified atom stereocenters. The van der Waals surface area contributed by atoms with E-state index in [2.05, 4.69) is 10.3 Å². The normalized spacial score (nSPS) is 14.5. The van der Waals surface area contributed by atoms with Gasteiger partial charge in [-0.05, 0) is 18.6 Å². The van der Waals surface area contributed by atoms with Crippen LogP contribution in [-0.4, -0.2) is 81.1 Å². The van der Waals surface area contributed by atoms with Crippen molar-refractivity contribution in [3.63, 3.8) is 0 Å². The molecule has 0 radical (unpaired) electrons. The van der Waals surface area contributed by atoms with E-state index in [1.165, 1.54) is 15.9 Å². The minimum absolute atomic E-state index is 0.00910. The molecular weight excluding hydrogens is 452 g/mol. The first-order valence-electron chi connectivity index (χ1n) is 10.3. The van der Waals surface area contributed by atoms with E-state index in [0.29, 0.717) is 5.69 Å². The van der Waals surface area contributed by atoms with Gasteiger partial charge in [0.2, 0.25) is 5.91 Å². The van der Waals surface area contributed by atoms with E-state index >= 15 is 0 Å². The van der Waals surface area contributed by atoms with Crippen LogP contribution in [0.1, 0.15) is 23.3 Å². The van der Waals surface area contributed by atoms with Crippen molar-refractivity contribution in [2.24, 2.45) is 0 Å². The van der Waals surface area contributed by atoms with Gasteiger partial charge in [0.05, 0.1) is 5.69 Å². The number of pyridine rings is 1. The van der Waals surface area contributed by atoms with E-state index in [1.807, 2.05) is 30.3 Å². The molecule has 10 nitrogen and oxygen atoms in total. The third kappa shape index (κ3) is 6.42. The Hall–Kier alpha value is -3.66. The predicted molar refractivity (Wildman–Crippen MR) is 119 cm³/mol. The molecule has 1 saturated heterocycles. The molecule has 3 rings (SSSR count). The molecule has 2 aromatic rings. The number of carboxylic acids is 1. The summed E-state index contributed by atoms with van der Waals surface area (Å²) in [5.74, 6) is -2.24. The van der Waals surface area contributed by atoms with Crippen LogP contribution in [0.4, 0.5) is 4.79 Å². The van der Waals surface area contributed by atoms with E-state index in [0.717, 1.165) is 5.56 Å². The van der Waals surface area contributed by atoms with E-state index in [-0.39, 0.29) is 49.7 Å². The molecule has 33 heavy (non-hydrogen) atoms. The molecule has 0 saturated carbocycles. The van der Waals surface area contributed by atoms with Crippen molar-refractivity contribution in [2.45, 2.75) is 18.9 Å². The minimum atomic E-state index is -1.11. The number of carboxylic acid groups (broad SMARTS) is 2. The first kappa shape index (κ1) is 24.0. The highest BCUT2D eigenvalue weighted by molar-refractivity contribution is 6.31. The van der Waals surface area contributed by atoms with Crippen LogP contribution in [0.15, 0.2) is 42.5 Å². The summed E-state index contributed by atoms with van der Waals surface area (Å²) in [6, 6.07) is 11.0. The van der Waals surface area contributed by atoms with Crippen molar-refractivity contribution in [1.29, 1.82) is 0 Å². The first-order valence-corrected chi connectivity index (χ1v) is 10.6. The summed E-state index contributed by atoms with van der Waals surface area (Å²) in [6.07, 6.45) is -1.52. The molecule has 2 heterocycles. The van der Waals surface area contributed by atoms with Gasteiger partial charge in [-0.25, -0.2) is 9.78 Å². The molecule has 1 aliphatic heterocycles. The van der Waals surface area contributed by atoms with E-state index in [4.69, 9.17) is 21.8 Å². The zero-order valence-corrected chi connectivity index (χ0v) is 18.4.